The quantitative estimate of drug-likeness (QED) is 0.666. The number of aliphatic hydroxyl groups is 1. The van der Waals surface area contributed by atoms with Gasteiger partial charge in [-0.3, -0.25) is 0 Å². The van der Waals surface area contributed by atoms with Gasteiger partial charge in [0, 0.05) is 19.6 Å². The molecule has 2 N–H and O–H groups in total. The fourth-order valence-corrected chi connectivity index (χ4v) is 2.05. The highest BCUT2D eigenvalue weighted by atomic mass is 16.3. The van der Waals surface area contributed by atoms with E-state index in [1.54, 1.807) is 0 Å². The second-order valence-corrected chi connectivity index (χ2v) is 5.94. The lowest BCUT2D eigenvalue weighted by Crippen LogP contribution is -2.44. The Morgan fingerprint density at radius 3 is 1.94 bits per heavy atom. The van der Waals surface area contributed by atoms with E-state index in [0.29, 0.717) is 6.54 Å². The van der Waals surface area contributed by atoms with Crippen molar-refractivity contribution in [3.05, 3.63) is 0 Å². The number of hydrogen-bond donors (Lipinski definition) is 2. The van der Waals surface area contributed by atoms with Crippen LogP contribution in [0.5, 0.6) is 0 Å². The molecule has 0 aliphatic heterocycles. The Labute approximate surface area is 101 Å². The first-order valence-electron chi connectivity index (χ1n) is 6.32. The van der Waals surface area contributed by atoms with Gasteiger partial charge in [-0.1, -0.05) is 27.7 Å². The first kappa shape index (κ1) is 15.9. The van der Waals surface area contributed by atoms with Crippen molar-refractivity contribution in [1.29, 1.82) is 0 Å². The smallest absolute Gasteiger partial charge is 0.0766 e. The van der Waals surface area contributed by atoms with Gasteiger partial charge in [0.15, 0.2) is 0 Å². The highest BCUT2D eigenvalue weighted by molar-refractivity contribution is 4.81. The molecular weight excluding hydrogens is 200 g/mol. The van der Waals surface area contributed by atoms with Crippen LogP contribution in [-0.2, 0) is 0 Å². The SMILES string of the molecule is CCC(O)(CC)CNCC(C)(C)CN(C)C. The summed E-state index contributed by atoms with van der Waals surface area (Å²) < 4.78 is 0. The van der Waals surface area contributed by atoms with Crippen molar-refractivity contribution in [1.82, 2.24) is 10.2 Å². The molecule has 0 heterocycles. The molecule has 0 radical (unpaired) electrons. The first-order valence-corrected chi connectivity index (χ1v) is 6.32. The monoisotopic (exact) mass is 230 g/mol. The number of nitrogens with one attached hydrogen (secondary N) is 1. The zero-order chi connectivity index (χ0) is 12.8. The average molecular weight is 230 g/mol. The van der Waals surface area contributed by atoms with E-state index in [4.69, 9.17) is 0 Å². The normalized spacial score (nSPS) is 13.5. The van der Waals surface area contributed by atoms with Crippen LogP contribution in [-0.4, -0.2) is 49.3 Å². The van der Waals surface area contributed by atoms with E-state index in [9.17, 15) is 5.11 Å². The third kappa shape index (κ3) is 6.46. The van der Waals surface area contributed by atoms with Crippen LogP contribution in [0.15, 0.2) is 0 Å². The molecule has 0 saturated heterocycles. The molecule has 0 amide bonds. The van der Waals surface area contributed by atoms with E-state index in [1.807, 2.05) is 13.8 Å². The average Bonchev–Trinajstić information content (AvgIpc) is 2.15. The molecule has 0 atom stereocenters. The minimum atomic E-state index is -0.534. The van der Waals surface area contributed by atoms with Gasteiger partial charge in [-0.15, -0.1) is 0 Å². The van der Waals surface area contributed by atoms with Crippen LogP contribution in [0, 0.1) is 5.41 Å². The molecule has 0 aromatic carbocycles. The van der Waals surface area contributed by atoms with Gasteiger partial charge in [0.2, 0.25) is 0 Å². The summed E-state index contributed by atoms with van der Waals surface area (Å²) in [4.78, 5) is 2.20. The highest BCUT2D eigenvalue weighted by Gasteiger charge is 2.24. The molecule has 0 aliphatic carbocycles. The van der Waals surface area contributed by atoms with E-state index < -0.39 is 5.60 Å². The molecule has 16 heavy (non-hydrogen) atoms. The lowest BCUT2D eigenvalue weighted by molar-refractivity contribution is 0.0299. The maximum Gasteiger partial charge on any atom is 0.0766 e. The summed E-state index contributed by atoms with van der Waals surface area (Å²) >= 11 is 0. The van der Waals surface area contributed by atoms with Gasteiger partial charge < -0.3 is 15.3 Å². The van der Waals surface area contributed by atoms with E-state index in [2.05, 4.69) is 38.2 Å². The summed E-state index contributed by atoms with van der Waals surface area (Å²) in [5.74, 6) is 0. The van der Waals surface area contributed by atoms with Gasteiger partial charge in [0.25, 0.3) is 0 Å². The van der Waals surface area contributed by atoms with Crippen molar-refractivity contribution in [2.75, 3.05) is 33.7 Å². The van der Waals surface area contributed by atoms with Gasteiger partial charge >= 0.3 is 0 Å². The molecule has 3 nitrogen and oxygen atoms in total. The standard InChI is InChI=1S/C13H30N2O/c1-7-13(16,8-2)10-14-9-12(3,4)11-15(5)6/h14,16H,7-11H2,1-6H3. The number of nitrogens with zero attached hydrogens (tertiary/aromatic N) is 1. The van der Waals surface area contributed by atoms with Crippen LogP contribution in [0.25, 0.3) is 0 Å². The molecule has 0 aromatic rings. The molecule has 3 heteroatoms. The Morgan fingerprint density at radius 1 is 1.06 bits per heavy atom. The summed E-state index contributed by atoms with van der Waals surface area (Å²) in [5, 5.41) is 13.5. The fraction of sp³-hybridized carbons (Fsp3) is 1.00. The Kier molecular flexibility index (Phi) is 6.53. The second kappa shape index (κ2) is 6.58. The molecule has 0 fully saturated rings. The molecule has 0 bridgehead atoms. The van der Waals surface area contributed by atoms with Crippen molar-refractivity contribution in [2.24, 2.45) is 5.41 Å². The fourth-order valence-electron chi connectivity index (χ4n) is 2.05. The topological polar surface area (TPSA) is 35.5 Å². The largest absolute Gasteiger partial charge is 0.389 e. The van der Waals surface area contributed by atoms with Crippen LogP contribution < -0.4 is 5.32 Å². The molecule has 0 aliphatic rings. The van der Waals surface area contributed by atoms with Crippen LogP contribution in [0.3, 0.4) is 0 Å². The van der Waals surface area contributed by atoms with E-state index >= 15 is 0 Å². The summed E-state index contributed by atoms with van der Waals surface area (Å²) in [7, 11) is 4.19. The number of hydrogen-bond acceptors (Lipinski definition) is 3. The molecule has 0 saturated carbocycles. The zero-order valence-corrected chi connectivity index (χ0v) is 11.9. The van der Waals surface area contributed by atoms with Crippen LogP contribution in [0.2, 0.25) is 0 Å². The number of rotatable bonds is 8. The van der Waals surface area contributed by atoms with Gasteiger partial charge in [-0.2, -0.15) is 0 Å². The molecule has 98 valence electrons. The molecule has 0 rings (SSSR count). The van der Waals surface area contributed by atoms with Crippen molar-refractivity contribution >= 4 is 0 Å². The van der Waals surface area contributed by atoms with Gasteiger partial charge in [-0.25, -0.2) is 0 Å². The molecular formula is C13H30N2O. The summed E-state index contributed by atoms with van der Waals surface area (Å²) in [6.07, 6.45) is 1.62. The van der Waals surface area contributed by atoms with E-state index in [1.165, 1.54) is 0 Å². The van der Waals surface area contributed by atoms with Crippen molar-refractivity contribution in [3.8, 4) is 0 Å². The minimum Gasteiger partial charge on any atom is -0.389 e. The summed E-state index contributed by atoms with van der Waals surface area (Å²) in [6.45, 7) is 11.3. The van der Waals surface area contributed by atoms with Crippen molar-refractivity contribution in [3.63, 3.8) is 0 Å². The maximum absolute atomic E-state index is 10.1. The van der Waals surface area contributed by atoms with Crippen LogP contribution >= 0.6 is 0 Å². The lowest BCUT2D eigenvalue weighted by Gasteiger charge is -2.31. The summed E-state index contributed by atoms with van der Waals surface area (Å²) in [5.41, 5.74) is -0.292. The lowest BCUT2D eigenvalue weighted by atomic mass is 9.91. The minimum absolute atomic E-state index is 0.242. The van der Waals surface area contributed by atoms with Crippen molar-refractivity contribution < 1.29 is 5.11 Å². The van der Waals surface area contributed by atoms with Gasteiger partial charge in [0.1, 0.15) is 0 Å². The van der Waals surface area contributed by atoms with Crippen LogP contribution in [0.1, 0.15) is 40.5 Å². The van der Waals surface area contributed by atoms with E-state index in [-0.39, 0.29) is 5.41 Å². The highest BCUT2D eigenvalue weighted by Crippen LogP contribution is 2.16. The Hall–Kier alpha value is -0.120. The van der Waals surface area contributed by atoms with Crippen molar-refractivity contribution in [2.45, 2.75) is 46.1 Å². The predicted octanol–water partition coefficient (Wildman–Crippen LogP) is 1.71. The van der Waals surface area contributed by atoms with Crippen LogP contribution in [0.4, 0.5) is 0 Å². The molecule has 0 unspecified atom stereocenters. The van der Waals surface area contributed by atoms with Gasteiger partial charge in [-0.05, 0) is 32.4 Å². The summed E-state index contributed by atoms with van der Waals surface area (Å²) in [6, 6.07) is 0. The second-order valence-electron chi connectivity index (χ2n) is 5.94. The Morgan fingerprint density at radius 2 is 1.56 bits per heavy atom. The molecule has 0 aromatic heterocycles. The van der Waals surface area contributed by atoms with E-state index in [0.717, 1.165) is 25.9 Å². The zero-order valence-electron chi connectivity index (χ0n) is 11.9. The molecule has 0 spiro atoms. The third-order valence-electron chi connectivity index (χ3n) is 3.12. The first-order chi connectivity index (χ1) is 7.24. The maximum atomic E-state index is 10.1. The third-order valence-corrected chi connectivity index (χ3v) is 3.12. The predicted molar refractivity (Wildman–Crippen MR) is 70.7 cm³/mol. The Balaban J connectivity index is 3.96. The Bertz CT molecular complexity index is 186. The van der Waals surface area contributed by atoms with Gasteiger partial charge in [0.05, 0.1) is 5.60 Å².